The first-order valence-corrected chi connectivity index (χ1v) is 7.01. The lowest BCUT2D eigenvalue weighted by Gasteiger charge is -2.43. The molecule has 1 heterocycles. The van der Waals surface area contributed by atoms with Gasteiger partial charge in [0.25, 0.3) is 0 Å². The van der Waals surface area contributed by atoms with E-state index in [0.717, 1.165) is 26.1 Å². The molecule has 1 fully saturated rings. The van der Waals surface area contributed by atoms with Crippen LogP contribution in [0.3, 0.4) is 0 Å². The van der Waals surface area contributed by atoms with Gasteiger partial charge < -0.3 is 5.32 Å². The van der Waals surface area contributed by atoms with Gasteiger partial charge in [-0.15, -0.1) is 0 Å². The van der Waals surface area contributed by atoms with E-state index in [1.54, 1.807) is 0 Å². The van der Waals surface area contributed by atoms with E-state index < -0.39 is 0 Å². The zero-order chi connectivity index (χ0) is 13.2. The monoisotopic (exact) mass is 246 g/mol. The average molecular weight is 246 g/mol. The summed E-state index contributed by atoms with van der Waals surface area (Å²) in [4.78, 5) is 2.62. The summed E-state index contributed by atoms with van der Waals surface area (Å²) in [6.07, 6.45) is 1.16. The summed E-state index contributed by atoms with van der Waals surface area (Å²) >= 11 is 0. The minimum absolute atomic E-state index is 0.288. The molecule has 0 aliphatic carbocycles. The topological polar surface area (TPSA) is 15.3 Å². The fraction of sp³-hybridized carbons (Fsp3) is 0.625. The van der Waals surface area contributed by atoms with E-state index >= 15 is 0 Å². The number of piperazine rings is 1. The van der Waals surface area contributed by atoms with Gasteiger partial charge in [-0.3, -0.25) is 4.90 Å². The van der Waals surface area contributed by atoms with E-state index in [9.17, 15) is 0 Å². The Hall–Kier alpha value is -0.860. The van der Waals surface area contributed by atoms with Crippen LogP contribution in [0.15, 0.2) is 18.2 Å². The first-order valence-electron chi connectivity index (χ1n) is 7.01. The van der Waals surface area contributed by atoms with Crippen LogP contribution < -0.4 is 5.32 Å². The van der Waals surface area contributed by atoms with E-state index in [1.165, 1.54) is 23.2 Å². The van der Waals surface area contributed by atoms with Gasteiger partial charge in [0.05, 0.1) is 0 Å². The van der Waals surface area contributed by atoms with Gasteiger partial charge in [0, 0.05) is 31.7 Å². The second-order valence-electron chi connectivity index (χ2n) is 6.16. The van der Waals surface area contributed by atoms with Gasteiger partial charge in [-0.05, 0) is 45.2 Å². The van der Waals surface area contributed by atoms with Gasteiger partial charge in [0.15, 0.2) is 0 Å². The molecular formula is C16H26N2. The molecule has 0 atom stereocenters. The second-order valence-corrected chi connectivity index (χ2v) is 6.16. The molecule has 2 nitrogen and oxygen atoms in total. The molecule has 1 aromatic rings. The Kier molecular flexibility index (Phi) is 4.08. The number of nitrogens with zero attached hydrogens (tertiary/aromatic N) is 1. The van der Waals surface area contributed by atoms with Crippen molar-refractivity contribution in [3.05, 3.63) is 34.9 Å². The third-order valence-electron chi connectivity index (χ3n) is 4.13. The lowest BCUT2D eigenvalue weighted by atomic mass is 9.97. The van der Waals surface area contributed by atoms with Gasteiger partial charge >= 0.3 is 0 Å². The molecule has 2 heteroatoms. The fourth-order valence-corrected chi connectivity index (χ4v) is 2.76. The molecule has 0 bridgehead atoms. The van der Waals surface area contributed by atoms with E-state index in [4.69, 9.17) is 0 Å². The number of nitrogens with one attached hydrogen (secondary N) is 1. The van der Waals surface area contributed by atoms with Crippen LogP contribution >= 0.6 is 0 Å². The SMILES string of the molecule is Cc1ccc(C)c(CCN2CCNCC2(C)C)c1. The molecule has 0 radical (unpaired) electrons. The van der Waals surface area contributed by atoms with Crippen molar-refractivity contribution in [1.82, 2.24) is 10.2 Å². The van der Waals surface area contributed by atoms with Crippen LogP contribution in [-0.2, 0) is 6.42 Å². The Balaban J connectivity index is 2.00. The lowest BCUT2D eigenvalue weighted by Crippen LogP contribution is -2.58. The molecule has 18 heavy (non-hydrogen) atoms. The molecule has 1 aliphatic rings. The molecule has 1 aromatic carbocycles. The van der Waals surface area contributed by atoms with E-state index in [2.05, 4.69) is 56.1 Å². The van der Waals surface area contributed by atoms with Crippen LogP contribution in [-0.4, -0.2) is 36.6 Å². The van der Waals surface area contributed by atoms with Crippen molar-refractivity contribution < 1.29 is 0 Å². The molecular weight excluding hydrogens is 220 g/mol. The molecule has 0 aromatic heterocycles. The molecule has 1 saturated heterocycles. The predicted molar refractivity (Wildman–Crippen MR) is 78.1 cm³/mol. The highest BCUT2D eigenvalue weighted by atomic mass is 15.2. The summed E-state index contributed by atoms with van der Waals surface area (Å²) in [7, 11) is 0. The molecule has 1 N–H and O–H groups in total. The second kappa shape index (κ2) is 5.41. The minimum atomic E-state index is 0.288. The van der Waals surface area contributed by atoms with Crippen molar-refractivity contribution in [2.75, 3.05) is 26.2 Å². The molecule has 100 valence electrons. The smallest absolute Gasteiger partial charge is 0.0278 e. The minimum Gasteiger partial charge on any atom is -0.314 e. The first kappa shape index (κ1) is 13.6. The molecule has 2 rings (SSSR count). The van der Waals surface area contributed by atoms with E-state index in [1.807, 2.05) is 0 Å². The van der Waals surface area contributed by atoms with Crippen LogP contribution in [0.5, 0.6) is 0 Å². The molecule has 0 unspecified atom stereocenters. The van der Waals surface area contributed by atoms with Gasteiger partial charge in [-0.1, -0.05) is 23.8 Å². The van der Waals surface area contributed by atoms with Crippen LogP contribution in [0.2, 0.25) is 0 Å². The van der Waals surface area contributed by atoms with Gasteiger partial charge in [-0.2, -0.15) is 0 Å². The standard InChI is InChI=1S/C16H26N2/c1-13-5-6-14(2)15(11-13)7-9-18-10-8-17-12-16(18,3)4/h5-6,11,17H,7-10,12H2,1-4H3. The Morgan fingerprint density at radius 1 is 1.28 bits per heavy atom. The Bertz CT molecular complexity index is 410. The summed E-state index contributed by atoms with van der Waals surface area (Å²) < 4.78 is 0. The lowest BCUT2D eigenvalue weighted by molar-refractivity contribution is 0.0921. The predicted octanol–water partition coefficient (Wildman–Crippen LogP) is 2.53. The number of rotatable bonds is 3. The Labute approximate surface area is 111 Å². The third kappa shape index (κ3) is 3.12. The van der Waals surface area contributed by atoms with Gasteiger partial charge in [-0.25, -0.2) is 0 Å². The van der Waals surface area contributed by atoms with Crippen LogP contribution in [0, 0.1) is 13.8 Å². The van der Waals surface area contributed by atoms with Crippen LogP contribution in [0.4, 0.5) is 0 Å². The maximum absolute atomic E-state index is 3.48. The first-order chi connectivity index (χ1) is 8.49. The maximum Gasteiger partial charge on any atom is 0.0278 e. The van der Waals surface area contributed by atoms with Crippen molar-refractivity contribution in [2.24, 2.45) is 0 Å². The molecule has 0 amide bonds. The highest BCUT2D eigenvalue weighted by Gasteiger charge is 2.28. The Morgan fingerprint density at radius 3 is 2.78 bits per heavy atom. The molecule has 0 spiro atoms. The Morgan fingerprint density at radius 2 is 2.06 bits per heavy atom. The fourth-order valence-electron chi connectivity index (χ4n) is 2.76. The number of hydrogen-bond acceptors (Lipinski definition) is 2. The van der Waals surface area contributed by atoms with Gasteiger partial charge in [0.1, 0.15) is 0 Å². The summed E-state index contributed by atoms with van der Waals surface area (Å²) in [5.41, 5.74) is 4.59. The summed E-state index contributed by atoms with van der Waals surface area (Å²) in [5.74, 6) is 0. The molecule has 0 saturated carbocycles. The van der Waals surface area contributed by atoms with Gasteiger partial charge in [0.2, 0.25) is 0 Å². The summed E-state index contributed by atoms with van der Waals surface area (Å²) in [6.45, 7) is 13.6. The zero-order valence-electron chi connectivity index (χ0n) is 12.2. The van der Waals surface area contributed by atoms with Crippen LogP contribution in [0.1, 0.15) is 30.5 Å². The van der Waals surface area contributed by atoms with Crippen molar-refractivity contribution >= 4 is 0 Å². The average Bonchev–Trinajstić information content (AvgIpc) is 2.31. The van der Waals surface area contributed by atoms with E-state index in [0.29, 0.717) is 0 Å². The number of hydrogen-bond donors (Lipinski definition) is 1. The van der Waals surface area contributed by atoms with Crippen molar-refractivity contribution in [3.63, 3.8) is 0 Å². The quantitative estimate of drug-likeness (QED) is 0.881. The summed E-state index contributed by atoms with van der Waals surface area (Å²) in [6, 6.07) is 6.78. The summed E-state index contributed by atoms with van der Waals surface area (Å²) in [5, 5.41) is 3.48. The van der Waals surface area contributed by atoms with Crippen molar-refractivity contribution in [1.29, 1.82) is 0 Å². The van der Waals surface area contributed by atoms with Crippen LogP contribution in [0.25, 0.3) is 0 Å². The molecule has 1 aliphatic heterocycles. The maximum atomic E-state index is 3.48. The van der Waals surface area contributed by atoms with Crippen molar-refractivity contribution in [2.45, 2.75) is 39.7 Å². The van der Waals surface area contributed by atoms with E-state index in [-0.39, 0.29) is 5.54 Å². The highest BCUT2D eigenvalue weighted by molar-refractivity contribution is 5.30. The third-order valence-corrected chi connectivity index (χ3v) is 4.13. The normalized spacial score (nSPS) is 20.0. The number of benzene rings is 1. The highest BCUT2D eigenvalue weighted by Crippen LogP contribution is 2.18. The van der Waals surface area contributed by atoms with Crippen molar-refractivity contribution in [3.8, 4) is 0 Å². The number of aryl methyl sites for hydroxylation is 2. The largest absolute Gasteiger partial charge is 0.314 e. The zero-order valence-corrected chi connectivity index (χ0v) is 12.2.